The lowest BCUT2D eigenvalue weighted by Gasteiger charge is -2.29. The fourth-order valence-electron chi connectivity index (χ4n) is 3.09. The molecule has 130 valence electrons. The van der Waals surface area contributed by atoms with Crippen LogP contribution in [0.1, 0.15) is 23.5 Å². The van der Waals surface area contributed by atoms with Crippen LogP contribution in [-0.4, -0.2) is 30.9 Å². The number of ether oxygens (including phenoxy) is 1. The molecule has 0 aliphatic carbocycles. The largest absolute Gasteiger partial charge is 0.496 e. The van der Waals surface area contributed by atoms with Crippen LogP contribution in [0, 0.1) is 5.82 Å². The van der Waals surface area contributed by atoms with E-state index < -0.39 is 11.7 Å². The third kappa shape index (κ3) is 3.47. The highest BCUT2D eigenvalue weighted by Crippen LogP contribution is 2.34. The highest BCUT2D eigenvalue weighted by atomic mass is 19.1. The number of hydrogen-bond donors (Lipinski definition) is 1. The van der Waals surface area contributed by atoms with Crippen LogP contribution in [0.25, 0.3) is 0 Å². The maximum Gasteiger partial charge on any atom is 0.230 e. The van der Waals surface area contributed by atoms with E-state index in [1.165, 1.54) is 12.1 Å². The van der Waals surface area contributed by atoms with Crippen molar-refractivity contribution >= 4 is 17.5 Å². The monoisotopic (exact) mass is 342 g/mol. The molecule has 0 unspecified atom stereocenters. The second kappa shape index (κ2) is 6.93. The molecule has 1 N–H and O–H groups in total. The summed E-state index contributed by atoms with van der Waals surface area (Å²) in [6, 6.07) is 11.6. The molecule has 0 spiro atoms. The fraction of sp³-hybridized carbons (Fsp3) is 0.263. The molecule has 0 saturated heterocycles. The van der Waals surface area contributed by atoms with Crippen molar-refractivity contribution in [3.8, 4) is 5.75 Å². The summed E-state index contributed by atoms with van der Waals surface area (Å²) in [4.78, 5) is 26.4. The van der Waals surface area contributed by atoms with Crippen molar-refractivity contribution in [2.75, 3.05) is 19.5 Å². The predicted octanol–water partition coefficient (Wildman–Crippen LogP) is 2.92. The van der Waals surface area contributed by atoms with Gasteiger partial charge in [-0.25, -0.2) is 4.39 Å². The third-order valence-electron chi connectivity index (χ3n) is 4.33. The molecular formula is C19H19FN2O3. The van der Waals surface area contributed by atoms with E-state index in [1.807, 2.05) is 24.3 Å². The van der Waals surface area contributed by atoms with Gasteiger partial charge in [-0.05, 0) is 23.8 Å². The number of benzene rings is 2. The fourth-order valence-corrected chi connectivity index (χ4v) is 3.09. The van der Waals surface area contributed by atoms with Crippen molar-refractivity contribution in [1.29, 1.82) is 0 Å². The molecule has 2 aromatic rings. The number of nitrogens with one attached hydrogen (secondary N) is 1. The standard InChI is InChI=1S/C19H19FN2O3/c1-22(11-12-5-3-4-6-17(12)25-2)19(24)15-10-18(23)21-16-9-13(20)7-8-14(15)16/h3-9,15H,10-11H2,1-2H3,(H,21,23)/t15-/m1/s1. The van der Waals surface area contributed by atoms with E-state index in [4.69, 9.17) is 4.74 Å². The number of halogens is 1. The van der Waals surface area contributed by atoms with E-state index in [-0.39, 0.29) is 18.2 Å². The van der Waals surface area contributed by atoms with Gasteiger partial charge >= 0.3 is 0 Å². The van der Waals surface area contributed by atoms with Crippen LogP contribution in [0.2, 0.25) is 0 Å². The van der Waals surface area contributed by atoms with E-state index >= 15 is 0 Å². The van der Waals surface area contributed by atoms with Crippen LogP contribution in [-0.2, 0) is 16.1 Å². The zero-order valence-electron chi connectivity index (χ0n) is 14.1. The topological polar surface area (TPSA) is 58.6 Å². The van der Waals surface area contributed by atoms with Crippen molar-refractivity contribution in [1.82, 2.24) is 4.90 Å². The minimum absolute atomic E-state index is 0.0493. The number of rotatable bonds is 4. The van der Waals surface area contributed by atoms with E-state index in [1.54, 1.807) is 25.1 Å². The average molecular weight is 342 g/mol. The minimum Gasteiger partial charge on any atom is -0.496 e. The lowest BCUT2D eigenvalue weighted by molar-refractivity contribution is -0.134. The molecule has 1 aliphatic rings. The van der Waals surface area contributed by atoms with Crippen LogP contribution < -0.4 is 10.1 Å². The minimum atomic E-state index is -0.621. The molecule has 0 bridgehead atoms. The van der Waals surface area contributed by atoms with Crippen LogP contribution in [0.15, 0.2) is 42.5 Å². The van der Waals surface area contributed by atoms with Crippen molar-refractivity contribution in [3.05, 3.63) is 59.4 Å². The van der Waals surface area contributed by atoms with Gasteiger partial charge in [0.15, 0.2) is 0 Å². The Morgan fingerprint density at radius 2 is 2.08 bits per heavy atom. The number of para-hydroxylation sites is 1. The zero-order valence-corrected chi connectivity index (χ0v) is 14.1. The highest BCUT2D eigenvalue weighted by molar-refractivity contribution is 6.01. The van der Waals surface area contributed by atoms with Crippen LogP contribution >= 0.6 is 0 Å². The molecule has 1 heterocycles. The van der Waals surface area contributed by atoms with E-state index in [0.29, 0.717) is 23.5 Å². The average Bonchev–Trinajstić information content (AvgIpc) is 2.60. The van der Waals surface area contributed by atoms with Gasteiger partial charge in [0.1, 0.15) is 11.6 Å². The summed E-state index contributed by atoms with van der Waals surface area (Å²) in [5, 5.41) is 2.62. The molecule has 0 saturated carbocycles. The highest BCUT2D eigenvalue weighted by Gasteiger charge is 2.32. The molecular weight excluding hydrogens is 323 g/mol. The third-order valence-corrected chi connectivity index (χ3v) is 4.33. The first-order chi connectivity index (χ1) is 12.0. The van der Waals surface area contributed by atoms with Gasteiger partial charge in [0, 0.05) is 31.3 Å². The number of likely N-dealkylation sites (N-methyl/N-ethyl adjacent to an activating group) is 1. The SMILES string of the molecule is COc1ccccc1CN(C)C(=O)[C@@H]1CC(=O)Nc2cc(F)ccc21. The van der Waals surface area contributed by atoms with Crippen molar-refractivity contribution in [2.45, 2.75) is 18.9 Å². The summed E-state index contributed by atoms with van der Waals surface area (Å²) in [5.41, 5.74) is 1.87. The Morgan fingerprint density at radius 3 is 2.84 bits per heavy atom. The summed E-state index contributed by atoms with van der Waals surface area (Å²) in [6.07, 6.45) is 0.0493. The molecule has 25 heavy (non-hydrogen) atoms. The van der Waals surface area contributed by atoms with Crippen LogP contribution in [0.5, 0.6) is 5.75 Å². The first-order valence-corrected chi connectivity index (χ1v) is 7.95. The number of carbonyl (C=O) groups excluding carboxylic acids is 2. The van der Waals surface area contributed by atoms with E-state index in [0.717, 1.165) is 5.56 Å². The molecule has 0 radical (unpaired) electrons. The van der Waals surface area contributed by atoms with Crippen LogP contribution in [0.4, 0.5) is 10.1 Å². The van der Waals surface area contributed by atoms with Crippen molar-refractivity contribution in [2.24, 2.45) is 0 Å². The number of fused-ring (bicyclic) bond motifs is 1. The molecule has 2 amide bonds. The Kier molecular flexibility index (Phi) is 4.70. The molecule has 0 aromatic heterocycles. The lowest BCUT2D eigenvalue weighted by Crippen LogP contribution is -2.36. The number of anilines is 1. The van der Waals surface area contributed by atoms with Gasteiger partial charge in [0.25, 0.3) is 0 Å². The molecule has 0 fully saturated rings. The van der Waals surface area contributed by atoms with Gasteiger partial charge in [-0.3, -0.25) is 9.59 Å². The lowest BCUT2D eigenvalue weighted by atomic mass is 9.89. The summed E-state index contributed by atoms with van der Waals surface area (Å²) in [6.45, 7) is 0.359. The second-order valence-corrected chi connectivity index (χ2v) is 6.04. The maximum atomic E-state index is 13.4. The van der Waals surface area contributed by atoms with Crippen molar-refractivity contribution in [3.63, 3.8) is 0 Å². The first-order valence-electron chi connectivity index (χ1n) is 7.95. The number of hydrogen-bond acceptors (Lipinski definition) is 3. The second-order valence-electron chi connectivity index (χ2n) is 6.04. The van der Waals surface area contributed by atoms with Gasteiger partial charge < -0.3 is 15.0 Å². The molecule has 5 nitrogen and oxygen atoms in total. The van der Waals surface area contributed by atoms with Gasteiger partial charge in [-0.1, -0.05) is 24.3 Å². The van der Waals surface area contributed by atoms with Crippen LogP contribution in [0.3, 0.4) is 0 Å². The molecule has 3 rings (SSSR count). The summed E-state index contributed by atoms with van der Waals surface area (Å²) >= 11 is 0. The smallest absolute Gasteiger partial charge is 0.230 e. The summed E-state index contributed by atoms with van der Waals surface area (Å²) in [5.74, 6) is -0.847. The van der Waals surface area contributed by atoms with Gasteiger partial charge in [0.05, 0.1) is 13.0 Å². The van der Waals surface area contributed by atoms with Crippen molar-refractivity contribution < 1.29 is 18.7 Å². The normalized spacial score (nSPS) is 16.0. The summed E-state index contributed by atoms with van der Waals surface area (Å²) < 4.78 is 18.7. The van der Waals surface area contributed by atoms with E-state index in [2.05, 4.69) is 5.32 Å². The maximum absolute atomic E-state index is 13.4. The van der Waals surface area contributed by atoms with Gasteiger partial charge in [-0.2, -0.15) is 0 Å². The molecule has 6 heteroatoms. The Bertz CT molecular complexity index is 822. The van der Waals surface area contributed by atoms with Gasteiger partial charge in [0.2, 0.25) is 11.8 Å². The summed E-state index contributed by atoms with van der Waals surface area (Å²) in [7, 11) is 3.27. The Labute approximate surface area is 145 Å². The van der Waals surface area contributed by atoms with Gasteiger partial charge in [-0.15, -0.1) is 0 Å². The first kappa shape index (κ1) is 17.0. The Hall–Kier alpha value is -2.89. The molecule has 2 aromatic carbocycles. The number of nitrogens with zero attached hydrogens (tertiary/aromatic N) is 1. The zero-order chi connectivity index (χ0) is 18.0. The number of amides is 2. The van der Waals surface area contributed by atoms with E-state index in [9.17, 15) is 14.0 Å². The quantitative estimate of drug-likeness (QED) is 0.929. The molecule has 1 aliphatic heterocycles. The Balaban J connectivity index is 1.84. The molecule has 1 atom stereocenters. The Morgan fingerprint density at radius 1 is 1.32 bits per heavy atom. The number of carbonyl (C=O) groups is 2. The predicted molar refractivity (Wildman–Crippen MR) is 91.9 cm³/mol. The number of methoxy groups -OCH3 is 1.